The van der Waals surface area contributed by atoms with Gasteiger partial charge in [0.1, 0.15) is 5.75 Å². The second kappa shape index (κ2) is 9.99. The van der Waals surface area contributed by atoms with Gasteiger partial charge in [-0.25, -0.2) is 0 Å². The molecule has 1 N–H and O–H groups in total. The zero-order chi connectivity index (χ0) is 22.5. The van der Waals surface area contributed by atoms with Gasteiger partial charge in [-0.1, -0.05) is 57.2 Å². The Labute approximate surface area is 185 Å². The summed E-state index contributed by atoms with van der Waals surface area (Å²) in [5.41, 5.74) is 3.37. The van der Waals surface area contributed by atoms with E-state index >= 15 is 0 Å². The summed E-state index contributed by atoms with van der Waals surface area (Å²) >= 11 is 0. The molecule has 0 saturated heterocycles. The number of hydrogen-bond donors (Lipinski definition) is 1. The molecule has 31 heavy (non-hydrogen) atoms. The highest BCUT2D eigenvalue weighted by molar-refractivity contribution is 5.81. The summed E-state index contributed by atoms with van der Waals surface area (Å²) in [6, 6.07) is 16.1. The van der Waals surface area contributed by atoms with Gasteiger partial charge in [0.25, 0.3) is 5.91 Å². The highest BCUT2D eigenvalue weighted by atomic mass is 16.5. The third-order valence-electron chi connectivity index (χ3n) is 5.61. The van der Waals surface area contributed by atoms with Crippen LogP contribution in [0.4, 0.5) is 0 Å². The Hall–Kier alpha value is -2.82. The van der Waals surface area contributed by atoms with Crippen molar-refractivity contribution in [1.29, 1.82) is 0 Å². The molecule has 166 valence electrons. The van der Waals surface area contributed by atoms with Crippen LogP contribution in [-0.2, 0) is 16.0 Å². The van der Waals surface area contributed by atoms with Gasteiger partial charge in [0.2, 0.25) is 5.91 Å². The Balaban J connectivity index is 1.97. The summed E-state index contributed by atoms with van der Waals surface area (Å²) in [5, 5.41) is 2.93. The minimum Gasteiger partial charge on any atom is -0.481 e. The molecule has 2 atom stereocenters. The maximum absolute atomic E-state index is 13.0. The van der Waals surface area contributed by atoms with Crippen molar-refractivity contribution in [1.82, 2.24) is 10.2 Å². The number of carbonyl (C=O) groups excluding carboxylic acids is 2. The Morgan fingerprint density at radius 1 is 1.10 bits per heavy atom. The summed E-state index contributed by atoms with van der Waals surface area (Å²) in [7, 11) is 0. The summed E-state index contributed by atoms with van der Waals surface area (Å²) in [6.45, 7) is 10.4. The summed E-state index contributed by atoms with van der Waals surface area (Å²) < 4.78 is 6.10. The lowest BCUT2D eigenvalue weighted by molar-refractivity contribution is -0.136. The zero-order valence-electron chi connectivity index (χ0n) is 19.2. The lowest BCUT2D eigenvalue weighted by atomic mass is 9.87. The Bertz CT molecular complexity index is 908. The van der Waals surface area contributed by atoms with E-state index in [1.54, 1.807) is 0 Å². The Morgan fingerprint density at radius 2 is 1.81 bits per heavy atom. The number of fused-ring (bicyclic) bond motifs is 1. The van der Waals surface area contributed by atoms with Crippen molar-refractivity contribution in [2.45, 2.75) is 65.6 Å². The SMILES string of the molecule is CCC(Oc1ccc2c(c1)C(c1ccccc1)N(C(=O)C(C)C)CC2)C(=O)NC(C)C. The minimum absolute atomic E-state index is 0.0618. The normalized spacial score (nSPS) is 16.7. The molecule has 0 bridgehead atoms. The average Bonchev–Trinajstić information content (AvgIpc) is 2.75. The van der Waals surface area contributed by atoms with Crippen LogP contribution in [0.25, 0.3) is 0 Å². The summed E-state index contributed by atoms with van der Waals surface area (Å²) in [5.74, 6) is 0.626. The van der Waals surface area contributed by atoms with Gasteiger partial charge < -0.3 is 15.0 Å². The van der Waals surface area contributed by atoms with Crippen molar-refractivity contribution in [3.8, 4) is 5.75 Å². The van der Waals surface area contributed by atoms with E-state index in [2.05, 4.69) is 23.5 Å². The number of amides is 2. The van der Waals surface area contributed by atoms with Crippen molar-refractivity contribution in [3.05, 3.63) is 65.2 Å². The van der Waals surface area contributed by atoms with Crippen LogP contribution in [0.15, 0.2) is 48.5 Å². The molecule has 0 aliphatic carbocycles. The smallest absolute Gasteiger partial charge is 0.261 e. The van der Waals surface area contributed by atoms with Gasteiger partial charge in [0.15, 0.2) is 6.10 Å². The predicted molar refractivity (Wildman–Crippen MR) is 123 cm³/mol. The van der Waals surface area contributed by atoms with Gasteiger partial charge in [-0.15, -0.1) is 0 Å². The fourth-order valence-corrected chi connectivity index (χ4v) is 4.09. The molecular formula is C26H34N2O3. The highest BCUT2D eigenvalue weighted by Gasteiger charge is 2.33. The van der Waals surface area contributed by atoms with E-state index in [4.69, 9.17) is 4.74 Å². The first-order valence-corrected chi connectivity index (χ1v) is 11.3. The first kappa shape index (κ1) is 22.9. The van der Waals surface area contributed by atoms with Crippen LogP contribution in [0, 0.1) is 5.92 Å². The fraction of sp³-hybridized carbons (Fsp3) is 0.462. The van der Waals surface area contributed by atoms with Crippen LogP contribution in [-0.4, -0.2) is 35.4 Å². The van der Waals surface area contributed by atoms with Gasteiger partial charge in [-0.2, -0.15) is 0 Å². The molecule has 0 aromatic heterocycles. The molecule has 0 fully saturated rings. The summed E-state index contributed by atoms with van der Waals surface area (Å²) in [6.07, 6.45) is 0.839. The minimum atomic E-state index is -0.549. The van der Waals surface area contributed by atoms with Gasteiger partial charge in [0, 0.05) is 18.5 Å². The third kappa shape index (κ3) is 5.27. The zero-order valence-corrected chi connectivity index (χ0v) is 19.2. The first-order chi connectivity index (χ1) is 14.8. The molecule has 0 radical (unpaired) electrons. The topological polar surface area (TPSA) is 58.6 Å². The molecule has 1 aliphatic rings. The van der Waals surface area contributed by atoms with Gasteiger partial charge in [0.05, 0.1) is 6.04 Å². The van der Waals surface area contributed by atoms with Crippen molar-refractivity contribution < 1.29 is 14.3 Å². The predicted octanol–water partition coefficient (Wildman–Crippen LogP) is 4.50. The largest absolute Gasteiger partial charge is 0.481 e. The average molecular weight is 423 g/mol. The second-order valence-corrected chi connectivity index (χ2v) is 8.79. The van der Waals surface area contributed by atoms with Crippen molar-refractivity contribution >= 4 is 11.8 Å². The number of rotatable bonds is 7. The number of carbonyl (C=O) groups is 2. The number of benzene rings is 2. The van der Waals surface area contributed by atoms with Crippen LogP contribution in [0.2, 0.25) is 0 Å². The number of nitrogens with one attached hydrogen (secondary N) is 1. The van der Waals surface area contributed by atoms with Gasteiger partial charge in [-0.05, 0) is 55.5 Å². The van der Waals surface area contributed by atoms with E-state index in [0.717, 1.165) is 17.5 Å². The van der Waals surface area contributed by atoms with Gasteiger partial charge in [-0.3, -0.25) is 9.59 Å². The second-order valence-electron chi connectivity index (χ2n) is 8.79. The monoisotopic (exact) mass is 422 g/mol. The maximum atomic E-state index is 13.0. The van der Waals surface area contributed by atoms with Crippen molar-refractivity contribution in [2.75, 3.05) is 6.54 Å². The molecule has 1 aliphatic heterocycles. The van der Waals surface area contributed by atoms with E-state index in [1.165, 1.54) is 5.56 Å². The van der Waals surface area contributed by atoms with E-state index in [1.807, 2.05) is 69.9 Å². The van der Waals surface area contributed by atoms with Crippen LogP contribution < -0.4 is 10.1 Å². The first-order valence-electron chi connectivity index (χ1n) is 11.3. The molecule has 3 rings (SSSR count). The van der Waals surface area contributed by atoms with Crippen LogP contribution >= 0.6 is 0 Å². The van der Waals surface area contributed by atoms with E-state index in [9.17, 15) is 9.59 Å². The van der Waals surface area contributed by atoms with E-state index < -0.39 is 6.10 Å². The van der Waals surface area contributed by atoms with Crippen LogP contribution in [0.1, 0.15) is 63.8 Å². The maximum Gasteiger partial charge on any atom is 0.261 e. The molecular weight excluding hydrogens is 388 g/mol. The molecule has 5 heteroatoms. The number of hydrogen-bond acceptors (Lipinski definition) is 3. The third-order valence-corrected chi connectivity index (χ3v) is 5.61. The van der Waals surface area contributed by atoms with Crippen LogP contribution in [0.5, 0.6) is 5.75 Å². The lowest BCUT2D eigenvalue weighted by Gasteiger charge is -2.39. The molecule has 2 unspecified atom stereocenters. The molecule has 2 aromatic rings. The van der Waals surface area contributed by atoms with Gasteiger partial charge >= 0.3 is 0 Å². The Morgan fingerprint density at radius 3 is 2.42 bits per heavy atom. The van der Waals surface area contributed by atoms with Crippen LogP contribution in [0.3, 0.4) is 0 Å². The lowest BCUT2D eigenvalue weighted by Crippen LogP contribution is -2.43. The van der Waals surface area contributed by atoms with E-state index in [-0.39, 0.29) is 29.8 Å². The quantitative estimate of drug-likeness (QED) is 0.715. The molecule has 2 amide bonds. The number of nitrogens with zero attached hydrogens (tertiary/aromatic N) is 1. The highest BCUT2D eigenvalue weighted by Crippen LogP contribution is 2.38. The molecule has 2 aromatic carbocycles. The fourth-order valence-electron chi connectivity index (χ4n) is 4.09. The standard InChI is InChI=1S/C26H34N2O3/c1-6-23(25(29)27-18(4)5)31-21-13-12-19-14-15-28(26(30)17(2)3)24(22(19)16-21)20-10-8-7-9-11-20/h7-13,16-18,23-24H,6,14-15H2,1-5H3,(H,27,29). The van der Waals surface area contributed by atoms with Crippen molar-refractivity contribution in [2.24, 2.45) is 5.92 Å². The molecule has 1 heterocycles. The van der Waals surface area contributed by atoms with E-state index in [0.29, 0.717) is 18.7 Å². The molecule has 5 nitrogen and oxygen atoms in total. The molecule has 0 saturated carbocycles. The molecule has 0 spiro atoms. The number of ether oxygens (including phenoxy) is 1. The summed E-state index contributed by atoms with van der Waals surface area (Å²) in [4.78, 5) is 27.5. The van der Waals surface area contributed by atoms with Crippen molar-refractivity contribution in [3.63, 3.8) is 0 Å². The Kier molecular flexibility index (Phi) is 7.37.